The van der Waals surface area contributed by atoms with E-state index in [9.17, 15) is 0 Å². The zero-order chi connectivity index (χ0) is 17.7. The third kappa shape index (κ3) is 13.2. The van der Waals surface area contributed by atoms with Crippen LogP contribution in [0.25, 0.3) is 0 Å². The minimum absolute atomic E-state index is 0. The highest BCUT2D eigenvalue weighted by Gasteiger charge is 2.12. The Balaban J connectivity index is 0. The molecule has 0 aromatic carbocycles. The molecule has 146 valence electrons. The van der Waals surface area contributed by atoms with Crippen LogP contribution >= 0.6 is 24.0 Å². The molecule has 0 aromatic heterocycles. The zero-order valence-electron chi connectivity index (χ0n) is 16.8. The van der Waals surface area contributed by atoms with Crippen LogP contribution in [0.15, 0.2) is 4.99 Å². The predicted molar refractivity (Wildman–Crippen MR) is 116 cm³/mol. The van der Waals surface area contributed by atoms with Gasteiger partial charge in [0.25, 0.3) is 0 Å². The Bertz CT molecular complexity index is 305. The van der Waals surface area contributed by atoms with Crippen molar-refractivity contribution in [1.29, 1.82) is 0 Å². The van der Waals surface area contributed by atoms with E-state index in [1.807, 2.05) is 0 Å². The largest absolute Gasteiger partial charge is 0.383 e. The van der Waals surface area contributed by atoms with E-state index < -0.39 is 0 Å². The molecule has 0 saturated heterocycles. The quantitative estimate of drug-likeness (QED) is 0.266. The van der Waals surface area contributed by atoms with Gasteiger partial charge in [-0.3, -0.25) is 9.89 Å². The summed E-state index contributed by atoms with van der Waals surface area (Å²) in [5.74, 6) is 0.903. The molecular weight excluding hydrogens is 417 g/mol. The Labute approximate surface area is 166 Å². The maximum Gasteiger partial charge on any atom is 0.191 e. The first-order chi connectivity index (χ1) is 10.9. The second-order valence-electron chi connectivity index (χ2n) is 6.41. The summed E-state index contributed by atoms with van der Waals surface area (Å²) in [4.78, 5) is 9.40. The molecule has 0 rings (SSSR count). The Morgan fingerprint density at radius 3 is 2.17 bits per heavy atom. The van der Waals surface area contributed by atoms with Crippen LogP contribution in [0, 0.1) is 0 Å². The standard InChI is InChI=1S/C17H39N5O.HI/c1-8-18-17(19-9-11-21(6)13-14-23-7)20-10-12-22(15(2)3)16(4)5;/h15-16H,8-14H2,1-7H3,(H2,18,19,20);1H. The second-order valence-corrected chi connectivity index (χ2v) is 6.41. The van der Waals surface area contributed by atoms with E-state index in [2.05, 4.69) is 67.1 Å². The van der Waals surface area contributed by atoms with Gasteiger partial charge in [-0.1, -0.05) is 0 Å². The zero-order valence-corrected chi connectivity index (χ0v) is 19.1. The Morgan fingerprint density at radius 1 is 1.04 bits per heavy atom. The van der Waals surface area contributed by atoms with Crippen molar-refractivity contribution in [2.24, 2.45) is 4.99 Å². The minimum Gasteiger partial charge on any atom is -0.383 e. The molecule has 0 aliphatic rings. The fourth-order valence-electron chi connectivity index (χ4n) is 2.46. The lowest BCUT2D eigenvalue weighted by molar-refractivity contribution is 0.162. The van der Waals surface area contributed by atoms with Crippen molar-refractivity contribution >= 4 is 29.9 Å². The van der Waals surface area contributed by atoms with Crippen molar-refractivity contribution in [2.75, 3.05) is 60.0 Å². The number of methoxy groups -OCH3 is 1. The van der Waals surface area contributed by atoms with E-state index in [4.69, 9.17) is 4.74 Å². The summed E-state index contributed by atoms with van der Waals surface area (Å²) in [6.07, 6.45) is 0. The highest BCUT2D eigenvalue weighted by Crippen LogP contribution is 2.03. The molecular formula is C17H40IN5O. The highest BCUT2D eigenvalue weighted by atomic mass is 127. The summed E-state index contributed by atoms with van der Waals surface area (Å²) in [7, 11) is 3.84. The van der Waals surface area contributed by atoms with E-state index in [0.717, 1.165) is 51.8 Å². The fourth-order valence-corrected chi connectivity index (χ4v) is 2.46. The first-order valence-corrected chi connectivity index (χ1v) is 8.87. The van der Waals surface area contributed by atoms with E-state index >= 15 is 0 Å². The van der Waals surface area contributed by atoms with Gasteiger partial charge in [0.15, 0.2) is 5.96 Å². The topological polar surface area (TPSA) is 52.1 Å². The molecule has 0 heterocycles. The molecule has 0 amide bonds. The average molecular weight is 457 g/mol. The number of likely N-dealkylation sites (N-methyl/N-ethyl adjacent to an activating group) is 1. The van der Waals surface area contributed by atoms with Crippen LogP contribution in [0.4, 0.5) is 0 Å². The van der Waals surface area contributed by atoms with Gasteiger partial charge in [-0.05, 0) is 41.7 Å². The summed E-state index contributed by atoms with van der Waals surface area (Å²) in [6.45, 7) is 17.3. The highest BCUT2D eigenvalue weighted by molar-refractivity contribution is 14.0. The van der Waals surface area contributed by atoms with Crippen LogP contribution in [0.5, 0.6) is 0 Å². The third-order valence-electron chi connectivity index (χ3n) is 3.76. The summed E-state index contributed by atoms with van der Waals surface area (Å²) in [6, 6.07) is 1.10. The van der Waals surface area contributed by atoms with E-state index in [1.165, 1.54) is 0 Å². The molecule has 0 radical (unpaired) electrons. The van der Waals surface area contributed by atoms with Gasteiger partial charge in [0.1, 0.15) is 0 Å². The monoisotopic (exact) mass is 457 g/mol. The lowest BCUT2D eigenvalue weighted by atomic mass is 10.2. The van der Waals surface area contributed by atoms with Gasteiger partial charge in [-0.25, -0.2) is 0 Å². The normalized spacial score (nSPS) is 12.2. The Morgan fingerprint density at radius 2 is 1.67 bits per heavy atom. The van der Waals surface area contributed by atoms with Crippen LogP contribution in [0.2, 0.25) is 0 Å². The lowest BCUT2D eigenvalue weighted by Crippen LogP contribution is -2.42. The van der Waals surface area contributed by atoms with Crippen LogP contribution in [0.1, 0.15) is 34.6 Å². The fraction of sp³-hybridized carbons (Fsp3) is 0.941. The molecule has 0 aliphatic heterocycles. The minimum atomic E-state index is 0. The van der Waals surface area contributed by atoms with E-state index in [-0.39, 0.29) is 24.0 Å². The number of hydrogen-bond donors (Lipinski definition) is 2. The van der Waals surface area contributed by atoms with Crippen molar-refractivity contribution in [3.8, 4) is 0 Å². The van der Waals surface area contributed by atoms with Gasteiger partial charge in [0.05, 0.1) is 13.2 Å². The Kier molecular flexibility index (Phi) is 17.8. The van der Waals surface area contributed by atoms with Gasteiger partial charge >= 0.3 is 0 Å². The summed E-state index contributed by atoms with van der Waals surface area (Å²) in [5.41, 5.74) is 0. The van der Waals surface area contributed by atoms with Crippen molar-refractivity contribution in [2.45, 2.75) is 46.7 Å². The number of guanidine groups is 1. The number of halogens is 1. The first-order valence-electron chi connectivity index (χ1n) is 8.87. The number of nitrogens with one attached hydrogen (secondary N) is 2. The van der Waals surface area contributed by atoms with Crippen molar-refractivity contribution < 1.29 is 4.74 Å². The number of rotatable bonds is 12. The molecule has 0 unspecified atom stereocenters. The Hall–Kier alpha value is -0.120. The molecule has 6 nitrogen and oxygen atoms in total. The molecule has 0 spiro atoms. The molecule has 24 heavy (non-hydrogen) atoms. The van der Waals surface area contributed by atoms with Gasteiger partial charge in [-0.2, -0.15) is 0 Å². The number of ether oxygens (including phenoxy) is 1. The van der Waals surface area contributed by atoms with Crippen molar-refractivity contribution in [3.63, 3.8) is 0 Å². The van der Waals surface area contributed by atoms with Gasteiger partial charge < -0.3 is 20.3 Å². The maximum atomic E-state index is 5.09. The van der Waals surface area contributed by atoms with Gasteiger partial charge in [-0.15, -0.1) is 24.0 Å². The molecule has 2 N–H and O–H groups in total. The van der Waals surface area contributed by atoms with Gasteiger partial charge in [0, 0.05) is 51.9 Å². The number of nitrogens with zero attached hydrogens (tertiary/aromatic N) is 3. The number of aliphatic imine (C=N–C) groups is 1. The van der Waals surface area contributed by atoms with Crippen LogP contribution in [0.3, 0.4) is 0 Å². The molecule has 0 saturated carbocycles. The number of hydrogen-bond acceptors (Lipinski definition) is 4. The lowest BCUT2D eigenvalue weighted by Gasteiger charge is -2.29. The third-order valence-corrected chi connectivity index (χ3v) is 3.76. The molecule has 7 heteroatoms. The van der Waals surface area contributed by atoms with Crippen LogP contribution < -0.4 is 10.6 Å². The van der Waals surface area contributed by atoms with E-state index in [0.29, 0.717) is 12.1 Å². The summed E-state index contributed by atoms with van der Waals surface area (Å²) < 4.78 is 5.09. The molecule has 0 aliphatic carbocycles. The SMILES string of the molecule is CCNC(=NCCN(C(C)C)C(C)C)NCCN(C)CCOC.I. The second kappa shape index (κ2) is 16.4. The van der Waals surface area contributed by atoms with E-state index in [1.54, 1.807) is 7.11 Å². The molecule has 0 fully saturated rings. The van der Waals surface area contributed by atoms with Gasteiger partial charge in [0.2, 0.25) is 0 Å². The summed E-state index contributed by atoms with van der Waals surface area (Å²) in [5, 5.41) is 6.71. The van der Waals surface area contributed by atoms with Crippen LogP contribution in [-0.4, -0.2) is 87.9 Å². The average Bonchev–Trinajstić information content (AvgIpc) is 2.48. The first kappa shape index (κ1) is 26.1. The van der Waals surface area contributed by atoms with Crippen LogP contribution in [-0.2, 0) is 4.74 Å². The molecule has 0 aromatic rings. The van der Waals surface area contributed by atoms with Crippen molar-refractivity contribution in [1.82, 2.24) is 20.4 Å². The summed E-state index contributed by atoms with van der Waals surface area (Å²) >= 11 is 0. The maximum absolute atomic E-state index is 5.09. The molecule has 0 atom stereocenters. The smallest absolute Gasteiger partial charge is 0.191 e. The van der Waals surface area contributed by atoms with Crippen molar-refractivity contribution in [3.05, 3.63) is 0 Å². The molecule has 0 bridgehead atoms. The predicted octanol–water partition coefficient (Wildman–Crippen LogP) is 1.86.